The Hall–Kier alpha value is -1.30. The average molecular weight is 677 g/mol. The van der Waals surface area contributed by atoms with Gasteiger partial charge in [0.25, 0.3) is 0 Å². The highest BCUT2D eigenvalue weighted by Crippen LogP contribution is 2.19. The van der Waals surface area contributed by atoms with Crippen LogP contribution in [-0.4, -0.2) is 45.2 Å². The lowest BCUT2D eigenvalue weighted by atomic mass is 9.86. The molecule has 0 fully saturated rings. The van der Waals surface area contributed by atoms with Crippen LogP contribution in [-0.2, 0) is 9.59 Å². The second-order valence-electron chi connectivity index (χ2n) is 14.5. The molecule has 48 heavy (non-hydrogen) atoms. The first-order valence-electron chi connectivity index (χ1n) is 20.9. The monoisotopic (exact) mass is 677 g/mol. The van der Waals surface area contributed by atoms with E-state index in [1.807, 2.05) is 0 Å². The number of allylic oxidation sites excluding steroid dienone is 2. The van der Waals surface area contributed by atoms with Crippen molar-refractivity contribution in [3.05, 3.63) is 24.3 Å². The normalized spacial score (nSPS) is 13.9. The Kier molecular flexibility index (Phi) is 34.6. The van der Waals surface area contributed by atoms with Crippen molar-refractivity contribution in [3.8, 4) is 0 Å². The number of hydrogen-bond donors (Lipinski definition) is 3. The van der Waals surface area contributed by atoms with Crippen LogP contribution in [0.2, 0.25) is 0 Å². The van der Waals surface area contributed by atoms with Crippen LogP contribution < -0.4 is 0 Å². The molecule has 1 atom stereocenters. The van der Waals surface area contributed by atoms with E-state index in [0.717, 1.165) is 25.7 Å². The topological polar surface area (TPSA) is 94.8 Å². The highest BCUT2D eigenvalue weighted by Gasteiger charge is 2.47. The minimum atomic E-state index is -2.65. The molecule has 0 aliphatic carbocycles. The lowest BCUT2D eigenvalue weighted by Crippen LogP contribution is -2.56. The summed E-state index contributed by atoms with van der Waals surface area (Å²) in [5.41, 5.74) is -2.65. The van der Waals surface area contributed by atoms with Gasteiger partial charge >= 0.3 is 0 Å². The Morgan fingerprint density at radius 2 is 0.688 bits per heavy atom. The smallest absolute Gasteiger partial charge is 0.217 e. The van der Waals surface area contributed by atoms with Gasteiger partial charge in [0.2, 0.25) is 5.60 Å². The summed E-state index contributed by atoms with van der Waals surface area (Å²) in [5, 5.41) is 30.5. The van der Waals surface area contributed by atoms with Crippen LogP contribution in [0.3, 0.4) is 0 Å². The van der Waals surface area contributed by atoms with Crippen LogP contribution in [0.1, 0.15) is 219 Å². The quantitative estimate of drug-likeness (QED) is 0.0344. The molecule has 0 saturated heterocycles. The van der Waals surface area contributed by atoms with Gasteiger partial charge in [0.1, 0.15) is 6.10 Å². The molecule has 3 N–H and O–H groups in total. The van der Waals surface area contributed by atoms with Crippen molar-refractivity contribution in [2.45, 2.75) is 231 Å². The predicted octanol–water partition coefficient (Wildman–Crippen LogP) is 11.8. The number of carbonyl (C=O) groups excluding carboxylic acids is 2. The molecule has 0 spiro atoms. The van der Waals surface area contributed by atoms with Crippen LogP contribution in [0.25, 0.3) is 0 Å². The Labute approximate surface area is 297 Å². The van der Waals surface area contributed by atoms with Crippen molar-refractivity contribution < 1.29 is 24.9 Å². The van der Waals surface area contributed by atoms with E-state index in [1.165, 1.54) is 179 Å². The largest absolute Gasteiger partial charge is 0.394 e. The molecule has 0 bridgehead atoms. The molecule has 0 amide bonds. The molecular formula is C43H80O5. The molecule has 282 valence electrons. The van der Waals surface area contributed by atoms with Gasteiger partial charge in [0.05, 0.1) is 6.61 Å². The third kappa shape index (κ3) is 26.6. The number of aliphatic hydroxyl groups excluding tert-OH is 2. The first-order valence-corrected chi connectivity index (χ1v) is 20.9. The number of rotatable bonds is 38. The fourth-order valence-electron chi connectivity index (χ4n) is 6.48. The first kappa shape index (κ1) is 46.7. The van der Waals surface area contributed by atoms with E-state index < -0.39 is 29.9 Å². The maximum Gasteiger partial charge on any atom is 0.217 e. The van der Waals surface area contributed by atoms with E-state index in [1.54, 1.807) is 12.2 Å². The van der Waals surface area contributed by atoms with Crippen LogP contribution in [0, 0.1) is 0 Å². The molecule has 5 heteroatoms. The van der Waals surface area contributed by atoms with Gasteiger partial charge in [0, 0.05) is 0 Å². The Morgan fingerprint density at radius 1 is 0.458 bits per heavy atom. The molecule has 0 aromatic heterocycles. The molecule has 0 rings (SSSR count). The Bertz CT molecular complexity index is 717. The summed E-state index contributed by atoms with van der Waals surface area (Å²) in [5.74, 6) is -1.74. The van der Waals surface area contributed by atoms with Crippen molar-refractivity contribution in [1.82, 2.24) is 0 Å². The van der Waals surface area contributed by atoms with Crippen molar-refractivity contribution >= 4 is 11.6 Å². The zero-order chi connectivity index (χ0) is 35.4. The maximum absolute atomic E-state index is 12.8. The summed E-state index contributed by atoms with van der Waals surface area (Å²) in [7, 11) is 0. The number of carbonyl (C=O) groups is 2. The standard InChI is InChI=1S/C43H80O5/c1-3-5-7-9-11-13-15-17-19-21-23-25-27-29-31-33-35-37-40(45)43(48,42(47)39-44)41(46)38-36-34-32-30-28-26-24-22-20-18-16-14-12-10-8-6-4-2/h35-38,42,44,47-48H,3-34,39H2,1-2H3/t42-,43?/m0/s1. The summed E-state index contributed by atoms with van der Waals surface area (Å²) >= 11 is 0. The van der Waals surface area contributed by atoms with Gasteiger partial charge in [-0.25, -0.2) is 0 Å². The zero-order valence-corrected chi connectivity index (χ0v) is 31.9. The van der Waals surface area contributed by atoms with Crippen LogP contribution in [0.4, 0.5) is 0 Å². The highest BCUT2D eigenvalue weighted by atomic mass is 16.4. The highest BCUT2D eigenvalue weighted by molar-refractivity contribution is 6.18. The Morgan fingerprint density at radius 3 is 0.917 bits per heavy atom. The summed E-state index contributed by atoms with van der Waals surface area (Å²) in [4.78, 5) is 25.6. The maximum atomic E-state index is 12.8. The SMILES string of the molecule is CCCCCCCCCCCCCCCCCC=CC(=O)C(O)(C(=O)C=CCCCCCCCCCCCCCCCCC)[C@@H](O)CO. The van der Waals surface area contributed by atoms with Gasteiger partial charge in [-0.15, -0.1) is 0 Å². The lowest BCUT2D eigenvalue weighted by molar-refractivity contribution is -0.159. The summed E-state index contributed by atoms with van der Waals surface area (Å²) in [6.45, 7) is 3.66. The lowest BCUT2D eigenvalue weighted by Gasteiger charge is -2.26. The second-order valence-corrected chi connectivity index (χ2v) is 14.5. The van der Waals surface area contributed by atoms with Gasteiger partial charge in [-0.1, -0.05) is 206 Å². The van der Waals surface area contributed by atoms with Crippen LogP contribution in [0.5, 0.6) is 0 Å². The first-order chi connectivity index (χ1) is 23.4. The van der Waals surface area contributed by atoms with Crippen LogP contribution in [0.15, 0.2) is 24.3 Å². The minimum Gasteiger partial charge on any atom is -0.394 e. The average Bonchev–Trinajstić information content (AvgIpc) is 3.09. The molecular weight excluding hydrogens is 596 g/mol. The third-order valence-corrected chi connectivity index (χ3v) is 9.89. The summed E-state index contributed by atoms with van der Waals surface area (Å²) in [6, 6.07) is 0. The van der Waals surface area contributed by atoms with E-state index in [-0.39, 0.29) is 0 Å². The third-order valence-electron chi connectivity index (χ3n) is 9.89. The van der Waals surface area contributed by atoms with Gasteiger partial charge in [-0.3, -0.25) is 9.59 Å². The van der Waals surface area contributed by atoms with E-state index in [2.05, 4.69) is 13.8 Å². The predicted molar refractivity (Wildman–Crippen MR) is 205 cm³/mol. The molecule has 0 aliphatic heterocycles. The van der Waals surface area contributed by atoms with E-state index in [0.29, 0.717) is 12.8 Å². The van der Waals surface area contributed by atoms with Gasteiger partial charge in [-0.2, -0.15) is 0 Å². The molecule has 5 nitrogen and oxygen atoms in total. The molecule has 0 saturated carbocycles. The molecule has 0 heterocycles. The zero-order valence-electron chi connectivity index (χ0n) is 31.9. The fourth-order valence-corrected chi connectivity index (χ4v) is 6.48. The number of aliphatic hydroxyl groups is 3. The van der Waals surface area contributed by atoms with E-state index in [4.69, 9.17) is 0 Å². The van der Waals surface area contributed by atoms with Crippen LogP contribution >= 0.6 is 0 Å². The van der Waals surface area contributed by atoms with E-state index in [9.17, 15) is 24.9 Å². The minimum absolute atomic E-state index is 0.679. The second kappa shape index (κ2) is 35.5. The van der Waals surface area contributed by atoms with Crippen molar-refractivity contribution in [3.63, 3.8) is 0 Å². The van der Waals surface area contributed by atoms with Crippen molar-refractivity contribution in [1.29, 1.82) is 0 Å². The van der Waals surface area contributed by atoms with Gasteiger partial charge in [0.15, 0.2) is 11.6 Å². The Balaban J connectivity index is 4.00. The van der Waals surface area contributed by atoms with Gasteiger partial charge in [-0.05, 0) is 37.8 Å². The van der Waals surface area contributed by atoms with Gasteiger partial charge < -0.3 is 15.3 Å². The van der Waals surface area contributed by atoms with Crippen molar-refractivity contribution in [2.24, 2.45) is 0 Å². The molecule has 0 unspecified atom stereocenters. The number of unbranched alkanes of at least 4 members (excludes halogenated alkanes) is 30. The molecule has 0 aromatic carbocycles. The molecule has 0 radical (unpaired) electrons. The summed E-state index contributed by atoms with van der Waals surface area (Å²) < 4.78 is 0. The summed E-state index contributed by atoms with van der Waals surface area (Å²) in [6.07, 6.45) is 44.1. The molecule has 0 aromatic rings. The van der Waals surface area contributed by atoms with Crippen molar-refractivity contribution in [2.75, 3.05) is 6.61 Å². The fraction of sp³-hybridized carbons (Fsp3) is 0.860. The van der Waals surface area contributed by atoms with E-state index >= 15 is 0 Å². The number of hydrogen-bond acceptors (Lipinski definition) is 5. The number of ketones is 2. The molecule has 0 aliphatic rings.